The van der Waals surface area contributed by atoms with Gasteiger partial charge in [0.25, 0.3) is 0 Å². The zero-order valence-corrected chi connectivity index (χ0v) is 10.8. The molecule has 16 heavy (non-hydrogen) atoms. The standard InChI is InChI=1S/C13H23N3/c1-5-6-14-12(7-10(2)3)13-15-8-11(4)9-16-13/h8-10,12,14H,5-7H2,1-4H3. The monoisotopic (exact) mass is 221 g/mol. The van der Waals surface area contributed by atoms with Gasteiger partial charge in [0, 0.05) is 12.4 Å². The lowest BCUT2D eigenvalue weighted by Crippen LogP contribution is -2.25. The molecular weight excluding hydrogens is 198 g/mol. The van der Waals surface area contributed by atoms with Crippen LogP contribution in [0.25, 0.3) is 0 Å². The van der Waals surface area contributed by atoms with Crippen molar-refractivity contribution in [2.24, 2.45) is 5.92 Å². The van der Waals surface area contributed by atoms with Crippen LogP contribution in [-0.4, -0.2) is 16.5 Å². The van der Waals surface area contributed by atoms with Crippen LogP contribution in [0.15, 0.2) is 12.4 Å². The fraction of sp³-hybridized carbons (Fsp3) is 0.692. The molecule has 3 nitrogen and oxygen atoms in total. The largest absolute Gasteiger partial charge is 0.307 e. The van der Waals surface area contributed by atoms with Gasteiger partial charge in [-0.3, -0.25) is 0 Å². The van der Waals surface area contributed by atoms with Crippen molar-refractivity contribution in [3.8, 4) is 0 Å². The second-order valence-corrected chi connectivity index (χ2v) is 4.75. The lowest BCUT2D eigenvalue weighted by molar-refractivity contribution is 0.414. The topological polar surface area (TPSA) is 37.8 Å². The zero-order valence-electron chi connectivity index (χ0n) is 10.8. The molecule has 0 aromatic carbocycles. The maximum atomic E-state index is 4.41. The van der Waals surface area contributed by atoms with Crippen molar-refractivity contribution in [3.05, 3.63) is 23.8 Å². The highest BCUT2D eigenvalue weighted by Crippen LogP contribution is 2.17. The van der Waals surface area contributed by atoms with Crippen LogP contribution in [0.4, 0.5) is 0 Å². The first-order valence-electron chi connectivity index (χ1n) is 6.15. The number of hydrogen-bond donors (Lipinski definition) is 1. The second-order valence-electron chi connectivity index (χ2n) is 4.75. The molecule has 0 spiro atoms. The zero-order chi connectivity index (χ0) is 12.0. The summed E-state index contributed by atoms with van der Waals surface area (Å²) >= 11 is 0. The van der Waals surface area contributed by atoms with E-state index in [4.69, 9.17) is 0 Å². The Morgan fingerprint density at radius 1 is 1.25 bits per heavy atom. The van der Waals surface area contributed by atoms with Crippen molar-refractivity contribution in [2.75, 3.05) is 6.54 Å². The molecule has 0 aliphatic carbocycles. The highest BCUT2D eigenvalue weighted by atomic mass is 15.0. The molecule has 0 saturated carbocycles. The number of hydrogen-bond acceptors (Lipinski definition) is 3. The minimum absolute atomic E-state index is 0.292. The number of nitrogens with one attached hydrogen (secondary N) is 1. The Kier molecular flexibility index (Phi) is 5.39. The van der Waals surface area contributed by atoms with Gasteiger partial charge in [0.2, 0.25) is 0 Å². The van der Waals surface area contributed by atoms with Crippen molar-refractivity contribution in [2.45, 2.75) is 46.6 Å². The molecule has 0 aliphatic rings. The Labute approximate surface area is 98.7 Å². The third-order valence-corrected chi connectivity index (χ3v) is 2.46. The van der Waals surface area contributed by atoms with Crippen molar-refractivity contribution in [3.63, 3.8) is 0 Å². The van der Waals surface area contributed by atoms with Gasteiger partial charge >= 0.3 is 0 Å². The molecule has 1 N–H and O–H groups in total. The minimum Gasteiger partial charge on any atom is -0.307 e. The molecule has 0 aliphatic heterocycles. The fourth-order valence-corrected chi connectivity index (χ4v) is 1.65. The third kappa shape index (κ3) is 4.27. The van der Waals surface area contributed by atoms with Gasteiger partial charge in [-0.2, -0.15) is 0 Å². The second kappa shape index (κ2) is 6.59. The van der Waals surface area contributed by atoms with Gasteiger partial charge in [-0.15, -0.1) is 0 Å². The van der Waals surface area contributed by atoms with E-state index in [2.05, 4.69) is 36.1 Å². The van der Waals surface area contributed by atoms with Crippen LogP contribution in [0.1, 0.15) is 51.0 Å². The predicted molar refractivity (Wildman–Crippen MR) is 67.3 cm³/mol. The molecule has 0 radical (unpaired) electrons. The van der Waals surface area contributed by atoms with Crippen molar-refractivity contribution in [1.29, 1.82) is 0 Å². The summed E-state index contributed by atoms with van der Waals surface area (Å²) in [4.78, 5) is 8.82. The Bertz CT molecular complexity index is 293. The van der Waals surface area contributed by atoms with Crippen LogP contribution in [0, 0.1) is 12.8 Å². The maximum Gasteiger partial charge on any atom is 0.145 e. The quantitative estimate of drug-likeness (QED) is 0.802. The van der Waals surface area contributed by atoms with Crippen molar-refractivity contribution >= 4 is 0 Å². The summed E-state index contributed by atoms with van der Waals surface area (Å²) in [5.41, 5.74) is 1.11. The van der Waals surface area contributed by atoms with Crippen LogP contribution in [-0.2, 0) is 0 Å². The smallest absolute Gasteiger partial charge is 0.145 e. The van der Waals surface area contributed by atoms with Gasteiger partial charge in [-0.1, -0.05) is 20.8 Å². The van der Waals surface area contributed by atoms with Crippen molar-refractivity contribution in [1.82, 2.24) is 15.3 Å². The Morgan fingerprint density at radius 2 is 1.88 bits per heavy atom. The summed E-state index contributed by atoms with van der Waals surface area (Å²) in [5, 5.41) is 3.51. The lowest BCUT2D eigenvalue weighted by atomic mass is 10.0. The van der Waals surface area contributed by atoms with E-state index >= 15 is 0 Å². The molecule has 1 aromatic rings. The molecular formula is C13H23N3. The van der Waals surface area contributed by atoms with Crippen LogP contribution < -0.4 is 5.32 Å². The van der Waals surface area contributed by atoms with Crippen LogP contribution >= 0.6 is 0 Å². The molecule has 0 fully saturated rings. The first-order valence-corrected chi connectivity index (χ1v) is 6.15. The molecule has 0 amide bonds. The average molecular weight is 221 g/mol. The summed E-state index contributed by atoms with van der Waals surface area (Å²) in [6, 6.07) is 0.292. The summed E-state index contributed by atoms with van der Waals surface area (Å²) in [7, 11) is 0. The number of nitrogens with zero attached hydrogens (tertiary/aromatic N) is 2. The molecule has 1 heterocycles. The SMILES string of the molecule is CCCNC(CC(C)C)c1ncc(C)cn1. The number of rotatable bonds is 6. The predicted octanol–water partition coefficient (Wildman–Crippen LogP) is 2.87. The minimum atomic E-state index is 0.292. The first-order chi connectivity index (χ1) is 7.63. The van der Waals surface area contributed by atoms with E-state index in [9.17, 15) is 0 Å². The Morgan fingerprint density at radius 3 is 2.38 bits per heavy atom. The summed E-state index contributed by atoms with van der Waals surface area (Å²) in [6.07, 6.45) is 6.01. The Hall–Kier alpha value is -0.960. The lowest BCUT2D eigenvalue weighted by Gasteiger charge is -2.19. The van der Waals surface area contributed by atoms with E-state index in [1.54, 1.807) is 0 Å². The van der Waals surface area contributed by atoms with Gasteiger partial charge in [-0.05, 0) is 37.8 Å². The van der Waals surface area contributed by atoms with Gasteiger partial charge in [0.15, 0.2) is 0 Å². The molecule has 1 atom stereocenters. The van der Waals surface area contributed by atoms with E-state index in [1.165, 1.54) is 0 Å². The highest BCUT2D eigenvalue weighted by molar-refractivity contribution is 5.04. The highest BCUT2D eigenvalue weighted by Gasteiger charge is 2.14. The molecule has 3 heteroatoms. The van der Waals surface area contributed by atoms with Gasteiger partial charge in [-0.25, -0.2) is 9.97 Å². The normalized spacial score (nSPS) is 13.1. The van der Waals surface area contributed by atoms with Crippen LogP contribution in [0.2, 0.25) is 0 Å². The maximum absolute atomic E-state index is 4.41. The molecule has 1 unspecified atom stereocenters. The fourth-order valence-electron chi connectivity index (χ4n) is 1.65. The van der Waals surface area contributed by atoms with Crippen LogP contribution in [0.5, 0.6) is 0 Å². The van der Waals surface area contributed by atoms with E-state index in [0.29, 0.717) is 12.0 Å². The molecule has 1 rings (SSSR count). The van der Waals surface area contributed by atoms with E-state index in [1.807, 2.05) is 19.3 Å². The average Bonchev–Trinajstić information content (AvgIpc) is 2.25. The van der Waals surface area contributed by atoms with E-state index in [-0.39, 0.29) is 0 Å². The first kappa shape index (κ1) is 13.1. The molecule has 1 aromatic heterocycles. The van der Waals surface area contributed by atoms with Gasteiger partial charge in [0.1, 0.15) is 5.82 Å². The van der Waals surface area contributed by atoms with Gasteiger partial charge in [0.05, 0.1) is 6.04 Å². The van der Waals surface area contributed by atoms with Gasteiger partial charge < -0.3 is 5.32 Å². The molecule has 90 valence electrons. The molecule has 0 saturated heterocycles. The van der Waals surface area contributed by atoms with E-state index in [0.717, 1.165) is 30.8 Å². The van der Waals surface area contributed by atoms with Crippen molar-refractivity contribution < 1.29 is 0 Å². The van der Waals surface area contributed by atoms with E-state index < -0.39 is 0 Å². The van der Waals surface area contributed by atoms with Crippen LogP contribution in [0.3, 0.4) is 0 Å². The molecule has 0 bridgehead atoms. The summed E-state index contributed by atoms with van der Waals surface area (Å²) in [6.45, 7) is 9.67. The summed E-state index contributed by atoms with van der Waals surface area (Å²) < 4.78 is 0. The third-order valence-electron chi connectivity index (χ3n) is 2.46. The number of aromatic nitrogens is 2. The summed E-state index contributed by atoms with van der Waals surface area (Å²) in [5.74, 6) is 1.58. The Balaban J connectivity index is 2.70. The number of aryl methyl sites for hydroxylation is 1.